The van der Waals surface area contributed by atoms with E-state index in [1.807, 2.05) is 0 Å². The number of hydrogen-bond donors (Lipinski definition) is 8. The van der Waals surface area contributed by atoms with Crippen molar-refractivity contribution in [2.24, 2.45) is 0 Å². The second kappa shape index (κ2) is 13.9. The third kappa shape index (κ3) is 5.86. The highest BCUT2D eigenvalue weighted by atomic mass is 16.7. The highest BCUT2D eigenvalue weighted by molar-refractivity contribution is 5.94. The van der Waals surface area contributed by atoms with Gasteiger partial charge in [-0.25, -0.2) is 0 Å². The first-order valence-electron chi connectivity index (χ1n) is 14.7. The number of methoxy groups -OCH3 is 4. The van der Waals surface area contributed by atoms with Crippen LogP contribution < -0.4 is 29.1 Å². The van der Waals surface area contributed by atoms with Crippen LogP contribution in [-0.2, 0) is 9.47 Å². The summed E-state index contributed by atoms with van der Waals surface area (Å²) in [4.78, 5) is 14.1. The second-order valence-electron chi connectivity index (χ2n) is 11.3. The Bertz CT molecular complexity index is 1660. The van der Waals surface area contributed by atoms with E-state index in [9.17, 15) is 45.6 Å². The third-order valence-corrected chi connectivity index (χ3v) is 8.47. The zero-order chi connectivity index (χ0) is 35.2. The van der Waals surface area contributed by atoms with Crippen LogP contribution in [0.3, 0.4) is 0 Å². The Hall–Kier alpha value is -3.91. The molecular weight excluding hydrogens is 644 g/mol. The minimum atomic E-state index is -1.98. The molecule has 0 saturated carbocycles. The average Bonchev–Trinajstić information content (AvgIpc) is 3.08. The van der Waals surface area contributed by atoms with Gasteiger partial charge in [-0.05, 0) is 19.1 Å². The van der Waals surface area contributed by atoms with Gasteiger partial charge in [0, 0.05) is 11.6 Å². The Morgan fingerprint density at radius 2 is 1.33 bits per heavy atom. The molecule has 3 aromatic rings. The van der Waals surface area contributed by atoms with Crippen molar-refractivity contribution in [2.45, 2.75) is 68.1 Å². The van der Waals surface area contributed by atoms with Crippen LogP contribution in [0.1, 0.15) is 18.6 Å². The Balaban J connectivity index is 1.80. The maximum absolute atomic E-state index is 14.1. The second-order valence-corrected chi connectivity index (χ2v) is 11.3. The molecule has 5 rings (SSSR count). The number of aliphatic hydroxyl groups is 7. The van der Waals surface area contributed by atoms with E-state index in [2.05, 4.69) is 0 Å². The molecule has 2 aliphatic rings. The van der Waals surface area contributed by atoms with Gasteiger partial charge in [0.05, 0.1) is 46.7 Å². The summed E-state index contributed by atoms with van der Waals surface area (Å²) in [6, 6.07) is 4.05. The molecule has 10 atom stereocenters. The molecule has 48 heavy (non-hydrogen) atoms. The van der Waals surface area contributed by atoms with Crippen molar-refractivity contribution in [2.75, 3.05) is 35.0 Å². The number of ether oxygens (including phenoxy) is 7. The summed E-state index contributed by atoms with van der Waals surface area (Å²) in [6.45, 7) is 0.561. The van der Waals surface area contributed by atoms with Crippen LogP contribution in [0.4, 0.5) is 0 Å². The van der Waals surface area contributed by atoms with E-state index in [0.717, 1.165) is 13.2 Å². The van der Waals surface area contributed by atoms with Crippen molar-refractivity contribution in [3.05, 3.63) is 34.0 Å². The van der Waals surface area contributed by atoms with Gasteiger partial charge in [0.2, 0.25) is 17.8 Å². The van der Waals surface area contributed by atoms with Gasteiger partial charge in [-0.3, -0.25) is 4.79 Å². The van der Waals surface area contributed by atoms with E-state index >= 15 is 0 Å². The molecule has 264 valence electrons. The standard InChI is InChI=1S/C31H38O17/c1-10-19(34)22(37)25(40)31(45-10)48-27-17-12(33)8-13(11-6-14(41-2)26(43-4)15(7-11)42-3)46-29(17)30(44-5)21(36)18(27)28-24(39)23(38)20(35)16(9-32)47-28/h6-8,10,16,19-20,22-25,28,31-32,34-40H,9H2,1-5H3/t10-,16+,19-,20+,22+,23-,24+,25+,28-,31-/m0/s1. The van der Waals surface area contributed by atoms with Crippen molar-refractivity contribution in [1.29, 1.82) is 0 Å². The molecule has 2 saturated heterocycles. The van der Waals surface area contributed by atoms with Crippen LogP contribution in [-0.4, -0.2) is 131 Å². The van der Waals surface area contributed by atoms with E-state index in [1.165, 1.54) is 40.4 Å². The first kappa shape index (κ1) is 35.4. The first-order valence-corrected chi connectivity index (χ1v) is 14.7. The molecule has 0 spiro atoms. The lowest BCUT2D eigenvalue weighted by molar-refractivity contribution is -0.268. The van der Waals surface area contributed by atoms with Crippen molar-refractivity contribution >= 4 is 11.0 Å². The number of hydrogen-bond acceptors (Lipinski definition) is 17. The van der Waals surface area contributed by atoms with Crippen molar-refractivity contribution in [1.82, 2.24) is 0 Å². The minimum absolute atomic E-state index is 0.0721. The Morgan fingerprint density at radius 1 is 0.729 bits per heavy atom. The Morgan fingerprint density at radius 3 is 1.90 bits per heavy atom. The summed E-state index contributed by atoms with van der Waals surface area (Å²) in [5.41, 5.74) is -1.47. The number of fused-ring (bicyclic) bond motifs is 1. The molecule has 17 nitrogen and oxygen atoms in total. The minimum Gasteiger partial charge on any atom is -0.504 e. The van der Waals surface area contributed by atoms with Crippen LogP contribution >= 0.6 is 0 Å². The van der Waals surface area contributed by atoms with Gasteiger partial charge in [0.25, 0.3) is 0 Å². The zero-order valence-electron chi connectivity index (χ0n) is 26.5. The predicted octanol–water partition coefficient (Wildman–Crippen LogP) is -1.08. The lowest BCUT2D eigenvalue weighted by atomic mass is 9.89. The summed E-state index contributed by atoms with van der Waals surface area (Å²) in [5.74, 6) is -1.24. The van der Waals surface area contributed by atoms with Crippen LogP contribution in [0.5, 0.6) is 34.5 Å². The molecule has 1 aromatic heterocycles. The highest BCUT2D eigenvalue weighted by Gasteiger charge is 2.49. The topological polar surface area (TPSA) is 257 Å². The molecule has 8 N–H and O–H groups in total. The lowest BCUT2D eigenvalue weighted by Crippen LogP contribution is -2.58. The SMILES string of the molecule is COc1cc(-c2cc(=O)c3c(O[C@@H]4O[C@@H](C)[C@H](O)[C@@H](O)[C@H]4O)c([C@@H]4O[C@H](CO)[C@@H](O)[C@H](O)[C@H]4O)c(O)c(OC)c3o2)cc(OC)c1OC. The van der Waals surface area contributed by atoms with Gasteiger partial charge < -0.3 is 78.4 Å². The summed E-state index contributed by atoms with van der Waals surface area (Å²) < 4.78 is 45.0. The Kier molecular flexibility index (Phi) is 10.3. The smallest absolute Gasteiger partial charge is 0.229 e. The van der Waals surface area contributed by atoms with E-state index in [1.54, 1.807) is 0 Å². The molecular formula is C31H38O17. The number of rotatable bonds is 9. The normalized spacial score (nSPS) is 30.6. The fourth-order valence-corrected chi connectivity index (χ4v) is 5.85. The summed E-state index contributed by atoms with van der Waals surface area (Å²) in [6.07, 6.45) is -17.0. The highest BCUT2D eigenvalue weighted by Crippen LogP contribution is 2.52. The lowest BCUT2D eigenvalue weighted by Gasteiger charge is -2.42. The maximum Gasteiger partial charge on any atom is 0.229 e. The van der Waals surface area contributed by atoms with Crippen LogP contribution in [0.15, 0.2) is 27.4 Å². The number of phenolic OH excluding ortho intramolecular Hbond substituents is 1. The maximum atomic E-state index is 14.1. The molecule has 17 heteroatoms. The average molecular weight is 683 g/mol. The summed E-state index contributed by atoms with van der Waals surface area (Å²) in [5, 5.41) is 84.5. The fraction of sp³-hybridized carbons (Fsp3) is 0.516. The van der Waals surface area contributed by atoms with Gasteiger partial charge in [-0.15, -0.1) is 0 Å². The van der Waals surface area contributed by atoms with Crippen molar-refractivity contribution in [3.63, 3.8) is 0 Å². The van der Waals surface area contributed by atoms with Gasteiger partial charge in [0.15, 0.2) is 28.3 Å². The van der Waals surface area contributed by atoms with Crippen LogP contribution in [0.2, 0.25) is 0 Å². The molecule has 0 bridgehead atoms. The number of phenols is 1. The molecule has 0 unspecified atom stereocenters. The van der Waals surface area contributed by atoms with Gasteiger partial charge in [-0.1, -0.05) is 0 Å². The van der Waals surface area contributed by atoms with Crippen LogP contribution in [0.25, 0.3) is 22.3 Å². The third-order valence-electron chi connectivity index (χ3n) is 8.47. The number of benzene rings is 2. The monoisotopic (exact) mass is 682 g/mol. The molecule has 0 aliphatic carbocycles. The zero-order valence-corrected chi connectivity index (χ0v) is 26.5. The largest absolute Gasteiger partial charge is 0.504 e. The molecule has 0 radical (unpaired) electrons. The van der Waals surface area contributed by atoms with Crippen molar-refractivity contribution < 1.29 is 78.4 Å². The van der Waals surface area contributed by atoms with E-state index in [4.69, 9.17) is 37.6 Å². The quantitative estimate of drug-likeness (QED) is 0.134. The molecule has 2 fully saturated rings. The first-order chi connectivity index (χ1) is 22.8. The van der Waals surface area contributed by atoms with Gasteiger partial charge in [-0.2, -0.15) is 0 Å². The van der Waals surface area contributed by atoms with Crippen molar-refractivity contribution in [3.8, 4) is 45.8 Å². The summed E-state index contributed by atoms with van der Waals surface area (Å²) in [7, 11) is 5.33. The molecule has 2 aromatic carbocycles. The Labute approximate surface area is 272 Å². The number of aliphatic hydroxyl groups excluding tert-OH is 7. The molecule has 2 aliphatic heterocycles. The predicted molar refractivity (Wildman–Crippen MR) is 161 cm³/mol. The van der Waals surface area contributed by atoms with E-state index < -0.39 is 107 Å². The summed E-state index contributed by atoms with van der Waals surface area (Å²) >= 11 is 0. The molecule has 3 heterocycles. The number of aromatic hydroxyl groups is 1. The molecule has 0 amide bonds. The van der Waals surface area contributed by atoms with E-state index in [-0.39, 0.29) is 28.6 Å². The fourth-order valence-electron chi connectivity index (χ4n) is 5.85. The van der Waals surface area contributed by atoms with Crippen LogP contribution in [0, 0.1) is 0 Å². The van der Waals surface area contributed by atoms with Gasteiger partial charge >= 0.3 is 0 Å². The van der Waals surface area contributed by atoms with E-state index in [0.29, 0.717) is 0 Å². The van der Waals surface area contributed by atoms with Gasteiger partial charge in [0.1, 0.15) is 65.7 Å².